The molecule has 1 heterocycles. The van der Waals surface area contributed by atoms with Gasteiger partial charge < -0.3 is 15.8 Å². The molecule has 0 fully saturated rings. The van der Waals surface area contributed by atoms with Crippen LogP contribution in [0.15, 0.2) is 30.5 Å². The highest BCUT2D eigenvalue weighted by Gasteiger charge is 2.09. The molecule has 2 aromatic rings. The molecule has 90 valence electrons. The Kier molecular flexibility index (Phi) is 3.44. The average Bonchev–Trinajstić information content (AvgIpc) is 2.75. The molecule has 1 atom stereocenters. The van der Waals surface area contributed by atoms with E-state index >= 15 is 0 Å². The number of rotatable bonds is 5. The zero-order chi connectivity index (χ0) is 12.3. The van der Waals surface area contributed by atoms with Crippen LogP contribution in [0.3, 0.4) is 0 Å². The maximum Gasteiger partial charge on any atom is 0.303 e. The van der Waals surface area contributed by atoms with E-state index in [1.165, 1.54) is 10.9 Å². The normalized spacial score (nSPS) is 12.8. The van der Waals surface area contributed by atoms with Gasteiger partial charge in [-0.25, -0.2) is 0 Å². The summed E-state index contributed by atoms with van der Waals surface area (Å²) in [6.45, 7) is 0. The van der Waals surface area contributed by atoms with Crippen molar-refractivity contribution in [2.45, 2.75) is 25.3 Å². The van der Waals surface area contributed by atoms with Gasteiger partial charge in [0.2, 0.25) is 0 Å². The highest BCUT2D eigenvalue weighted by atomic mass is 16.4. The van der Waals surface area contributed by atoms with Crippen LogP contribution >= 0.6 is 0 Å². The molecule has 0 saturated heterocycles. The highest BCUT2D eigenvalue weighted by molar-refractivity contribution is 5.82. The Hall–Kier alpha value is -1.81. The van der Waals surface area contributed by atoms with Crippen LogP contribution < -0.4 is 5.73 Å². The van der Waals surface area contributed by atoms with Crippen LogP contribution in [-0.2, 0) is 11.2 Å². The van der Waals surface area contributed by atoms with E-state index in [1.807, 2.05) is 30.5 Å². The Morgan fingerprint density at radius 3 is 3.00 bits per heavy atom. The first-order valence-corrected chi connectivity index (χ1v) is 5.69. The molecule has 0 aliphatic heterocycles. The number of fused-ring (bicyclic) bond motifs is 1. The molecule has 0 saturated carbocycles. The third-order valence-corrected chi connectivity index (χ3v) is 2.90. The van der Waals surface area contributed by atoms with Crippen LogP contribution in [-0.4, -0.2) is 22.1 Å². The van der Waals surface area contributed by atoms with Crippen molar-refractivity contribution in [2.75, 3.05) is 0 Å². The number of aliphatic carboxylic acids is 1. The molecule has 0 spiro atoms. The predicted molar refractivity (Wildman–Crippen MR) is 66.8 cm³/mol. The zero-order valence-electron chi connectivity index (χ0n) is 9.52. The maximum atomic E-state index is 10.5. The fraction of sp³-hybridized carbons (Fsp3) is 0.308. The van der Waals surface area contributed by atoms with Crippen LogP contribution in [0.25, 0.3) is 10.9 Å². The van der Waals surface area contributed by atoms with Crippen LogP contribution in [0.5, 0.6) is 0 Å². The van der Waals surface area contributed by atoms with Gasteiger partial charge in [0.15, 0.2) is 0 Å². The standard InChI is InChI=1S/C13H16N2O2/c14-10(4-5-13(16)17)8-9-2-1-3-12-11(9)6-7-15-12/h1-3,6-7,10,15H,4-5,8,14H2,(H,16,17). The van der Waals surface area contributed by atoms with E-state index in [2.05, 4.69) is 4.98 Å². The first-order chi connectivity index (χ1) is 8.16. The quantitative estimate of drug-likeness (QED) is 0.736. The molecule has 2 rings (SSSR count). The van der Waals surface area contributed by atoms with Crippen molar-refractivity contribution in [1.29, 1.82) is 0 Å². The highest BCUT2D eigenvalue weighted by Crippen LogP contribution is 2.19. The summed E-state index contributed by atoms with van der Waals surface area (Å²) in [5, 5.41) is 9.77. The van der Waals surface area contributed by atoms with E-state index in [4.69, 9.17) is 10.8 Å². The Labute approximate surface area is 99.4 Å². The van der Waals surface area contributed by atoms with Crippen LogP contribution in [0.1, 0.15) is 18.4 Å². The summed E-state index contributed by atoms with van der Waals surface area (Å²) in [6.07, 6.45) is 3.25. The van der Waals surface area contributed by atoms with Crippen molar-refractivity contribution < 1.29 is 9.90 Å². The third kappa shape index (κ3) is 2.85. The van der Waals surface area contributed by atoms with Crippen molar-refractivity contribution >= 4 is 16.9 Å². The lowest BCUT2D eigenvalue weighted by atomic mass is 10.00. The van der Waals surface area contributed by atoms with Gasteiger partial charge in [0, 0.05) is 29.6 Å². The van der Waals surface area contributed by atoms with E-state index in [0.29, 0.717) is 12.8 Å². The van der Waals surface area contributed by atoms with Crippen molar-refractivity contribution in [1.82, 2.24) is 4.98 Å². The first-order valence-electron chi connectivity index (χ1n) is 5.69. The number of carboxylic acid groups (broad SMARTS) is 1. The second-order valence-corrected chi connectivity index (χ2v) is 4.25. The molecule has 1 aromatic carbocycles. The van der Waals surface area contributed by atoms with Gasteiger partial charge in [-0.3, -0.25) is 4.79 Å². The monoisotopic (exact) mass is 232 g/mol. The number of nitrogens with one attached hydrogen (secondary N) is 1. The van der Waals surface area contributed by atoms with Crippen LogP contribution in [0.4, 0.5) is 0 Å². The lowest BCUT2D eigenvalue weighted by molar-refractivity contribution is -0.137. The first kappa shape index (κ1) is 11.7. The second kappa shape index (κ2) is 5.01. The number of H-pyrrole nitrogens is 1. The molecule has 0 aliphatic rings. The summed E-state index contributed by atoms with van der Waals surface area (Å²) in [5.41, 5.74) is 8.20. The number of benzene rings is 1. The molecule has 0 amide bonds. The van der Waals surface area contributed by atoms with E-state index in [0.717, 1.165) is 5.52 Å². The number of hydrogen-bond acceptors (Lipinski definition) is 2. The molecule has 1 unspecified atom stereocenters. The van der Waals surface area contributed by atoms with Gasteiger partial charge in [-0.2, -0.15) is 0 Å². The summed E-state index contributed by atoms with van der Waals surface area (Å²) >= 11 is 0. The third-order valence-electron chi connectivity index (χ3n) is 2.90. The Morgan fingerprint density at radius 2 is 2.24 bits per heavy atom. The van der Waals surface area contributed by atoms with Gasteiger partial charge in [0.05, 0.1) is 0 Å². The SMILES string of the molecule is NC(CCC(=O)O)Cc1cccc2[nH]ccc12. The largest absolute Gasteiger partial charge is 0.481 e. The number of hydrogen-bond donors (Lipinski definition) is 3. The number of carboxylic acids is 1. The zero-order valence-corrected chi connectivity index (χ0v) is 9.52. The molecule has 0 radical (unpaired) electrons. The maximum absolute atomic E-state index is 10.5. The molecular weight excluding hydrogens is 216 g/mol. The van der Waals surface area contributed by atoms with Crippen LogP contribution in [0, 0.1) is 0 Å². The Bertz CT molecular complexity index is 519. The number of aromatic amines is 1. The van der Waals surface area contributed by atoms with Gasteiger partial charge in [0.25, 0.3) is 0 Å². The van der Waals surface area contributed by atoms with Crippen molar-refractivity contribution in [3.8, 4) is 0 Å². The minimum atomic E-state index is -0.791. The van der Waals surface area contributed by atoms with Crippen molar-refractivity contribution in [2.24, 2.45) is 5.73 Å². The molecule has 4 nitrogen and oxygen atoms in total. The smallest absolute Gasteiger partial charge is 0.303 e. The molecule has 4 heteroatoms. The van der Waals surface area contributed by atoms with Crippen molar-refractivity contribution in [3.63, 3.8) is 0 Å². The molecular formula is C13H16N2O2. The van der Waals surface area contributed by atoms with E-state index < -0.39 is 5.97 Å². The summed E-state index contributed by atoms with van der Waals surface area (Å²) in [4.78, 5) is 13.6. The minimum Gasteiger partial charge on any atom is -0.481 e. The van der Waals surface area contributed by atoms with Gasteiger partial charge in [-0.1, -0.05) is 12.1 Å². The van der Waals surface area contributed by atoms with E-state index in [-0.39, 0.29) is 12.5 Å². The Balaban J connectivity index is 2.07. The second-order valence-electron chi connectivity index (χ2n) is 4.25. The number of nitrogens with two attached hydrogens (primary N) is 1. The fourth-order valence-electron chi connectivity index (χ4n) is 2.02. The summed E-state index contributed by atoms with van der Waals surface area (Å²) < 4.78 is 0. The van der Waals surface area contributed by atoms with Gasteiger partial charge >= 0.3 is 5.97 Å². The predicted octanol–water partition coefficient (Wildman–Crippen LogP) is 1.90. The fourth-order valence-corrected chi connectivity index (χ4v) is 2.02. The summed E-state index contributed by atoms with van der Waals surface area (Å²) in [6, 6.07) is 7.96. The lowest BCUT2D eigenvalue weighted by Crippen LogP contribution is -2.23. The minimum absolute atomic E-state index is 0.105. The van der Waals surface area contributed by atoms with E-state index in [9.17, 15) is 4.79 Å². The summed E-state index contributed by atoms with van der Waals surface area (Å²) in [5.74, 6) is -0.791. The van der Waals surface area contributed by atoms with Gasteiger partial charge in [0.1, 0.15) is 0 Å². The molecule has 17 heavy (non-hydrogen) atoms. The topological polar surface area (TPSA) is 79.1 Å². The Morgan fingerprint density at radius 1 is 1.41 bits per heavy atom. The van der Waals surface area contributed by atoms with Crippen molar-refractivity contribution in [3.05, 3.63) is 36.0 Å². The lowest BCUT2D eigenvalue weighted by Gasteiger charge is -2.11. The number of carbonyl (C=O) groups is 1. The molecule has 0 bridgehead atoms. The molecule has 4 N–H and O–H groups in total. The van der Waals surface area contributed by atoms with Gasteiger partial charge in [-0.05, 0) is 30.5 Å². The number of aromatic nitrogens is 1. The average molecular weight is 232 g/mol. The molecule has 1 aromatic heterocycles. The van der Waals surface area contributed by atoms with Crippen LogP contribution in [0.2, 0.25) is 0 Å². The summed E-state index contributed by atoms with van der Waals surface area (Å²) in [7, 11) is 0. The van der Waals surface area contributed by atoms with Gasteiger partial charge in [-0.15, -0.1) is 0 Å². The molecule has 0 aliphatic carbocycles. The van der Waals surface area contributed by atoms with E-state index in [1.54, 1.807) is 0 Å².